The van der Waals surface area contributed by atoms with Gasteiger partial charge in [-0.15, -0.1) is 11.3 Å². The van der Waals surface area contributed by atoms with Crippen molar-refractivity contribution in [3.8, 4) is 0 Å². The molecule has 1 aliphatic rings. The maximum atomic E-state index is 11.7. The van der Waals surface area contributed by atoms with Crippen molar-refractivity contribution in [1.82, 2.24) is 0 Å². The number of carbonyl (C=O) groups excluding carboxylic acids is 1. The number of benzene rings is 1. The lowest BCUT2D eigenvalue weighted by Crippen LogP contribution is -2.31. The number of fused-ring (bicyclic) bond motifs is 1. The monoisotopic (exact) mass is 301 g/mol. The molecular weight excluding hydrogens is 282 g/mol. The first-order valence-corrected chi connectivity index (χ1v) is 7.93. The Balaban J connectivity index is 1.95. The molecule has 1 aromatic carbocycles. The van der Waals surface area contributed by atoms with Crippen LogP contribution in [0.5, 0.6) is 0 Å². The summed E-state index contributed by atoms with van der Waals surface area (Å²) in [4.78, 5) is 15.6. The van der Waals surface area contributed by atoms with Crippen LogP contribution in [0.15, 0.2) is 24.3 Å². The van der Waals surface area contributed by atoms with E-state index in [4.69, 9.17) is 0 Å². The number of anilines is 1. The summed E-state index contributed by atoms with van der Waals surface area (Å²) in [6.45, 7) is 4.14. The van der Waals surface area contributed by atoms with Gasteiger partial charge in [0.1, 0.15) is 6.10 Å². The highest BCUT2D eigenvalue weighted by Gasteiger charge is 2.22. The molecule has 1 N–H and O–H groups in total. The predicted molar refractivity (Wildman–Crippen MR) is 86.0 cm³/mol. The zero-order valence-electron chi connectivity index (χ0n) is 12.5. The molecule has 1 atom stereocenters. The number of hydrogen-bond donors (Lipinski definition) is 1. The average molecular weight is 301 g/mol. The Kier molecular flexibility index (Phi) is 3.59. The van der Waals surface area contributed by atoms with Crippen LogP contribution < -0.4 is 4.90 Å². The van der Waals surface area contributed by atoms with Crippen molar-refractivity contribution >= 4 is 22.9 Å². The Morgan fingerprint density at radius 1 is 1.24 bits per heavy atom. The normalized spacial score (nSPS) is 16.0. The van der Waals surface area contributed by atoms with Gasteiger partial charge < -0.3 is 10.0 Å². The second-order valence-electron chi connectivity index (χ2n) is 5.63. The standard InChI is InChI=1S/C17H19NO2S/c1-10-8-15(21-11(10)2)17(20)13-4-6-14-12(9-13)5-7-16(19)18(14)3/h4,6,8-9,17,20H,5,7H2,1-3H3. The summed E-state index contributed by atoms with van der Waals surface area (Å²) in [5.74, 6) is 0.153. The summed E-state index contributed by atoms with van der Waals surface area (Å²) in [6.07, 6.45) is 0.706. The van der Waals surface area contributed by atoms with Crippen molar-refractivity contribution in [2.75, 3.05) is 11.9 Å². The van der Waals surface area contributed by atoms with Crippen LogP contribution in [0.3, 0.4) is 0 Å². The van der Waals surface area contributed by atoms with Crippen LogP contribution in [0.1, 0.15) is 39.0 Å². The van der Waals surface area contributed by atoms with E-state index in [1.807, 2.05) is 25.2 Å². The second kappa shape index (κ2) is 5.28. The minimum atomic E-state index is -0.587. The highest BCUT2D eigenvalue weighted by molar-refractivity contribution is 7.12. The summed E-state index contributed by atoms with van der Waals surface area (Å²) in [5.41, 5.74) is 4.22. The van der Waals surface area contributed by atoms with E-state index in [2.05, 4.69) is 19.9 Å². The number of hydrogen-bond acceptors (Lipinski definition) is 3. The Hall–Kier alpha value is -1.65. The van der Waals surface area contributed by atoms with E-state index in [0.717, 1.165) is 28.1 Å². The highest BCUT2D eigenvalue weighted by atomic mass is 32.1. The molecule has 2 aromatic rings. The Labute approximate surface area is 128 Å². The van der Waals surface area contributed by atoms with E-state index < -0.39 is 6.10 Å². The van der Waals surface area contributed by atoms with Gasteiger partial charge in [-0.25, -0.2) is 0 Å². The SMILES string of the molecule is Cc1cc(C(O)c2ccc3c(c2)CCC(=O)N3C)sc1C. The summed E-state index contributed by atoms with van der Waals surface area (Å²) >= 11 is 1.64. The molecule has 110 valence electrons. The molecule has 1 unspecified atom stereocenters. The van der Waals surface area contributed by atoms with Gasteiger partial charge in [-0.2, -0.15) is 0 Å². The molecule has 0 aliphatic carbocycles. The van der Waals surface area contributed by atoms with Gasteiger partial charge in [0.05, 0.1) is 0 Å². The smallest absolute Gasteiger partial charge is 0.227 e. The minimum Gasteiger partial charge on any atom is -0.383 e. The van der Waals surface area contributed by atoms with Gasteiger partial charge in [-0.1, -0.05) is 12.1 Å². The molecule has 3 rings (SSSR count). The number of nitrogens with zero attached hydrogens (tertiary/aromatic N) is 1. The Morgan fingerprint density at radius 3 is 2.67 bits per heavy atom. The molecule has 1 aromatic heterocycles. The number of aliphatic hydroxyl groups excluding tert-OH is 1. The number of rotatable bonds is 2. The van der Waals surface area contributed by atoms with Gasteiger partial charge in [0.25, 0.3) is 0 Å². The number of thiophene rings is 1. The van der Waals surface area contributed by atoms with Gasteiger partial charge in [0, 0.05) is 28.9 Å². The molecule has 0 saturated carbocycles. The first kappa shape index (κ1) is 14.3. The zero-order chi connectivity index (χ0) is 15.1. The zero-order valence-corrected chi connectivity index (χ0v) is 13.3. The van der Waals surface area contributed by atoms with Crippen molar-refractivity contribution in [3.63, 3.8) is 0 Å². The predicted octanol–water partition coefficient (Wildman–Crippen LogP) is 3.36. The fraction of sp³-hybridized carbons (Fsp3) is 0.353. The lowest BCUT2D eigenvalue weighted by atomic mass is 9.96. The molecule has 0 radical (unpaired) electrons. The van der Waals surface area contributed by atoms with Gasteiger partial charge in [0.2, 0.25) is 5.91 Å². The topological polar surface area (TPSA) is 40.5 Å². The van der Waals surface area contributed by atoms with Crippen LogP contribution in [0.4, 0.5) is 5.69 Å². The molecule has 1 aliphatic heterocycles. The van der Waals surface area contributed by atoms with Gasteiger partial charge >= 0.3 is 0 Å². The van der Waals surface area contributed by atoms with Crippen molar-refractivity contribution in [1.29, 1.82) is 0 Å². The van der Waals surface area contributed by atoms with E-state index in [1.165, 1.54) is 10.4 Å². The van der Waals surface area contributed by atoms with Gasteiger partial charge in [-0.3, -0.25) is 4.79 Å². The quantitative estimate of drug-likeness (QED) is 0.924. The third kappa shape index (κ3) is 2.49. The second-order valence-corrected chi connectivity index (χ2v) is 6.92. The van der Waals surface area contributed by atoms with E-state index in [1.54, 1.807) is 16.2 Å². The lowest BCUT2D eigenvalue weighted by molar-refractivity contribution is -0.118. The maximum Gasteiger partial charge on any atom is 0.227 e. The van der Waals surface area contributed by atoms with Crippen LogP contribution in [0.25, 0.3) is 0 Å². The van der Waals surface area contributed by atoms with Crippen LogP contribution in [0, 0.1) is 13.8 Å². The van der Waals surface area contributed by atoms with Crippen molar-refractivity contribution in [3.05, 3.63) is 50.7 Å². The van der Waals surface area contributed by atoms with Gasteiger partial charge in [-0.05, 0) is 49.1 Å². The minimum absolute atomic E-state index is 0.153. The molecule has 0 bridgehead atoms. The van der Waals surface area contributed by atoms with Crippen molar-refractivity contribution in [2.45, 2.75) is 32.8 Å². The fourth-order valence-corrected chi connectivity index (χ4v) is 3.80. The lowest BCUT2D eigenvalue weighted by Gasteiger charge is -2.26. The van der Waals surface area contributed by atoms with Gasteiger partial charge in [0.15, 0.2) is 0 Å². The van der Waals surface area contributed by atoms with E-state index >= 15 is 0 Å². The number of carbonyl (C=O) groups is 1. The third-order valence-electron chi connectivity index (χ3n) is 4.22. The molecule has 21 heavy (non-hydrogen) atoms. The maximum absolute atomic E-state index is 11.7. The van der Waals surface area contributed by atoms with Crippen molar-refractivity contribution < 1.29 is 9.90 Å². The fourth-order valence-electron chi connectivity index (χ4n) is 2.75. The highest BCUT2D eigenvalue weighted by Crippen LogP contribution is 2.34. The van der Waals surface area contributed by atoms with Crippen LogP contribution >= 0.6 is 11.3 Å². The van der Waals surface area contributed by atoms with E-state index in [-0.39, 0.29) is 5.91 Å². The number of aliphatic hydroxyl groups is 1. The molecule has 2 heterocycles. The van der Waals surface area contributed by atoms with Crippen LogP contribution in [0.2, 0.25) is 0 Å². The molecule has 3 nitrogen and oxygen atoms in total. The largest absolute Gasteiger partial charge is 0.383 e. The molecule has 1 amide bonds. The summed E-state index contributed by atoms with van der Waals surface area (Å²) < 4.78 is 0. The van der Waals surface area contributed by atoms with E-state index in [0.29, 0.717) is 6.42 Å². The average Bonchev–Trinajstić information content (AvgIpc) is 2.81. The first-order valence-electron chi connectivity index (χ1n) is 7.11. The third-order valence-corrected chi connectivity index (χ3v) is 5.42. The van der Waals surface area contributed by atoms with Crippen LogP contribution in [-0.4, -0.2) is 18.1 Å². The molecule has 4 heteroatoms. The number of aryl methyl sites for hydroxylation is 3. The molecule has 0 saturated heterocycles. The molecule has 0 spiro atoms. The summed E-state index contributed by atoms with van der Waals surface area (Å²) in [6, 6.07) is 7.95. The molecule has 0 fully saturated rings. The molecular formula is C17H19NO2S. The van der Waals surface area contributed by atoms with Crippen molar-refractivity contribution in [2.24, 2.45) is 0 Å². The summed E-state index contributed by atoms with van der Waals surface area (Å²) in [7, 11) is 1.81. The summed E-state index contributed by atoms with van der Waals surface area (Å²) in [5, 5.41) is 10.6. The first-order chi connectivity index (χ1) is 9.97. The van der Waals surface area contributed by atoms with Crippen LogP contribution in [-0.2, 0) is 11.2 Å². The van der Waals surface area contributed by atoms with E-state index in [9.17, 15) is 9.90 Å². The number of amides is 1. The Bertz CT molecular complexity index is 685. The Morgan fingerprint density at radius 2 is 2.00 bits per heavy atom.